The summed E-state index contributed by atoms with van der Waals surface area (Å²) in [5.41, 5.74) is 5.46. The van der Waals surface area contributed by atoms with Crippen molar-refractivity contribution in [2.45, 2.75) is 77.4 Å². The lowest BCUT2D eigenvalue weighted by molar-refractivity contribution is 0.0663. The summed E-state index contributed by atoms with van der Waals surface area (Å²) in [6, 6.07) is 14.9. The van der Waals surface area contributed by atoms with E-state index in [1.54, 1.807) is 34.8 Å². The van der Waals surface area contributed by atoms with Crippen LogP contribution in [0, 0.1) is 25.6 Å². The number of aryl methyl sites for hydroxylation is 2. The zero-order valence-electron chi connectivity index (χ0n) is 37.2. The van der Waals surface area contributed by atoms with Gasteiger partial charge in [-0.3, -0.25) is 28.1 Å². The number of amides is 1. The summed E-state index contributed by atoms with van der Waals surface area (Å²) < 4.78 is 40.5. The second kappa shape index (κ2) is 15.8. The van der Waals surface area contributed by atoms with Gasteiger partial charge >= 0.3 is 11.4 Å². The fourth-order valence-electron chi connectivity index (χ4n) is 10.6. The van der Waals surface area contributed by atoms with Gasteiger partial charge in [0.05, 0.1) is 53.4 Å². The molecule has 1 saturated heterocycles. The van der Waals surface area contributed by atoms with Crippen LogP contribution in [0.15, 0.2) is 81.2 Å². The van der Waals surface area contributed by atoms with Gasteiger partial charge < -0.3 is 18.9 Å². The van der Waals surface area contributed by atoms with Crippen LogP contribution in [0.4, 0.5) is 4.39 Å². The zero-order chi connectivity index (χ0) is 45.8. The van der Waals surface area contributed by atoms with Crippen molar-refractivity contribution in [1.29, 1.82) is 0 Å². The molecule has 3 aliphatic rings. The molecule has 66 heavy (non-hydrogen) atoms. The van der Waals surface area contributed by atoms with E-state index in [2.05, 4.69) is 40.4 Å². The van der Waals surface area contributed by atoms with Crippen LogP contribution in [0.25, 0.3) is 39.0 Å². The van der Waals surface area contributed by atoms with E-state index in [-0.39, 0.29) is 22.9 Å². The Bertz CT molecular complexity index is 3340. The number of methoxy groups -OCH3 is 1. The molecule has 0 radical (unpaired) electrons. The van der Waals surface area contributed by atoms with E-state index in [0.717, 1.165) is 40.6 Å². The first-order chi connectivity index (χ1) is 31.9. The zero-order valence-corrected chi connectivity index (χ0v) is 37.9. The molecule has 3 atom stereocenters. The van der Waals surface area contributed by atoms with Gasteiger partial charge in [0.2, 0.25) is 0 Å². The molecule has 2 aliphatic heterocycles. The number of imidazole rings is 1. The van der Waals surface area contributed by atoms with E-state index in [0.29, 0.717) is 90.8 Å². The molecule has 1 aliphatic carbocycles. The monoisotopic (exact) mass is 914 g/mol. The minimum Gasteiger partial charge on any atom is -0.383 e. The Kier molecular flexibility index (Phi) is 10.1. The number of nitrogens with one attached hydrogen (secondary N) is 1. The van der Waals surface area contributed by atoms with Gasteiger partial charge in [-0.25, -0.2) is 18.7 Å². The molecule has 1 saturated carbocycles. The number of benzene rings is 3. The number of nitrogens with zero attached hydrogens (tertiary/aromatic N) is 9. The molecule has 0 spiro atoms. The van der Waals surface area contributed by atoms with Crippen molar-refractivity contribution in [3.63, 3.8) is 0 Å². The number of H-pyrrole nitrogens is 1. The Morgan fingerprint density at radius 1 is 1.02 bits per heavy atom. The van der Waals surface area contributed by atoms with Crippen molar-refractivity contribution >= 4 is 39.3 Å². The average Bonchev–Trinajstić information content (AvgIpc) is 3.96. The highest BCUT2D eigenvalue weighted by molar-refractivity contribution is 6.32. The molecule has 18 heteroatoms. The summed E-state index contributed by atoms with van der Waals surface area (Å²) in [5, 5.41) is 15.5. The summed E-state index contributed by atoms with van der Waals surface area (Å²) in [5.74, 6) is -0.349. The number of carbonyl (C=O) groups is 1. The van der Waals surface area contributed by atoms with Crippen molar-refractivity contribution in [3.05, 3.63) is 138 Å². The fraction of sp³-hybridized carbons (Fsp3) is 0.375. The highest BCUT2D eigenvalue weighted by Gasteiger charge is 2.59. The largest absolute Gasteiger partial charge is 0.438 e. The summed E-state index contributed by atoms with van der Waals surface area (Å²) >= 11 is 6.67. The highest BCUT2D eigenvalue weighted by Crippen LogP contribution is 2.56. The van der Waals surface area contributed by atoms with Crippen molar-refractivity contribution in [2.75, 3.05) is 33.5 Å². The molecule has 7 heterocycles. The van der Waals surface area contributed by atoms with Gasteiger partial charge in [-0.1, -0.05) is 29.7 Å². The maximum Gasteiger partial charge on any atom is 0.438 e. The third-order valence-electron chi connectivity index (χ3n) is 14.1. The summed E-state index contributed by atoms with van der Waals surface area (Å²) in [6.07, 6.45) is 7.44. The molecular formula is C48H48ClFN10O6. The lowest BCUT2D eigenvalue weighted by Crippen LogP contribution is -2.41. The number of hydrogen-bond donors (Lipinski definition) is 1. The van der Waals surface area contributed by atoms with E-state index in [1.165, 1.54) is 27.1 Å². The molecular weight excluding hydrogens is 867 g/mol. The number of fused-ring (bicyclic) bond motifs is 3. The molecule has 16 nitrogen and oxygen atoms in total. The molecule has 1 N–H and O–H groups in total. The van der Waals surface area contributed by atoms with E-state index >= 15 is 9.18 Å². The first-order valence-electron chi connectivity index (χ1n) is 22.3. The van der Waals surface area contributed by atoms with Crippen LogP contribution < -0.4 is 11.4 Å². The molecule has 340 valence electrons. The Morgan fingerprint density at radius 3 is 2.47 bits per heavy atom. The first kappa shape index (κ1) is 42.1. The quantitative estimate of drug-likeness (QED) is 0.148. The number of carbonyl (C=O) groups excluding carboxylic acids is 1. The third kappa shape index (κ3) is 6.45. The Morgan fingerprint density at radius 2 is 1.76 bits per heavy atom. The van der Waals surface area contributed by atoms with Gasteiger partial charge in [0, 0.05) is 67.2 Å². The maximum absolute atomic E-state index is 16.4. The van der Waals surface area contributed by atoms with Crippen molar-refractivity contribution in [1.82, 2.24) is 48.3 Å². The van der Waals surface area contributed by atoms with E-state index in [1.807, 2.05) is 48.4 Å². The van der Waals surface area contributed by atoms with Crippen LogP contribution in [0.5, 0.6) is 0 Å². The van der Waals surface area contributed by atoms with Gasteiger partial charge in [-0.2, -0.15) is 10.2 Å². The number of hydrogen-bond acceptors (Lipinski definition) is 9. The summed E-state index contributed by atoms with van der Waals surface area (Å²) in [4.78, 5) is 47.4. The molecule has 11 rings (SSSR count). The van der Waals surface area contributed by atoms with Crippen LogP contribution >= 0.6 is 11.6 Å². The Hall–Kier alpha value is -6.56. The normalized spacial score (nSPS) is 19.9. The smallest absolute Gasteiger partial charge is 0.383 e. The fourth-order valence-corrected chi connectivity index (χ4v) is 10.7. The molecule has 0 bridgehead atoms. The van der Waals surface area contributed by atoms with Crippen molar-refractivity contribution in [3.8, 4) is 17.2 Å². The van der Waals surface area contributed by atoms with Crippen LogP contribution in [-0.4, -0.2) is 87.7 Å². The third-order valence-corrected chi connectivity index (χ3v) is 14.7. The van der Waals surface area contributed by atoms with Crippen LogP contribution in [-0.2, 0) is 28.0 Å². The van der Waals surface area contributed by atoms with E-state index in [4.69, 9.17) is 30.7 Å². The molecule has 2 fully saturated rings. The second-order valence-corrected chi connectivity index (χ2v) is 18.3. The van der Waals surface area contributed by atoms with Gasteiger partial charge in [-0.05, 0) is 111 Å². The van der Waals surface area contributed by atoms with Crippen LogP contribution in [0.1, 0.15) is 89.3 Å². The van der Waals surface area contributed by atoms with Gasteiger partial charge in [0.1, 0.15) is 17.1 Å². The highest BCUT2D eigenvalue weighted by atomic mass is 35.5. The second-order valence-electron chi connectivity index (χ2n) is 18.0. The van der Waals surface area contributed by atoms with Gasteiger partial charge in [-0.15, -0.1) is 0 Å². The molecule has 5 aromatic heterocycles. The lowest BCUT2D eigenvalue weighted by atomic mass is 9.91. The number of aromatic nitrogens is 9. The van der Waals surface area contributed by atoms with Gasteiger partial charge in [0.15, 0.2) is 11.6 Å². The summed E-state index contributed by atoms with van der Waals surface area (Å²) in [7, 11) is 1.59. The molecule has 3 aromatic carbocycles. The molecule has 0 unspecified atom stereocenters. The number of aromatic amines is 1. The van der Waals surface area contributed by atoms with Crippen LogP contribution in [0.2, 0.25) is 5.02 Å². The van der Waals surface area contributed by atoms with Crippen LogP contribution in [0.3, 0.4) is 0 Å². The van der Waals surface area contributed by atoms with Crippen molar-refractivity contribution < 1.29 is 23.2 Å². The lowest BCUT2D eigenvalue weighted by Gasteiger charge is -2.34. The standard InChI is InChI=1S/C48H48ClFN10O6/c1-26-20-33(21-27(2)41(26)49)60-43(57-15-14-56(47(57)63)38-9-8-37-34(42(38)50)25-51-58(37)16-19-64-5)40-29(4)55(13-10-35(40)53-60)44(61)39-23-32-22-31(30-11-17-65-18-12-30)6-7-36(32)59(39)48(24-28(48)3)45-52-46(62)66-54-45/h6-9,14-15,20-23,25,28-30H,10-13,16-19,24H2,1-5H3,(H,52,54,62)/t28-,29-,48-/m0/s1. The first-order valence-corrected chi connectivity index (χ1v) is 22.7. The minimum atomic E-state index is -0.833. The van der Waals surface area contributed by atoms with Crippen molar-refractivity contribution in [2.24, 2.45) is 5.92 Å². The number of ether oxygens (including phenoxy) is 2. The summed E-state index contributed by atoms with van der Waals surface area (Å²) in [6.45, 7) is 10.4. The predicted molar refractivity (Wildman–Crippen MR) is 244 cm³/mol. The van der Waals surface area contributed by atoms with E-state index < -0.39 is 28.8 Å². The SMILES string of the molecule is COCCn1ncc2c(F)c(-n3ccn(-c4c5c(nn4-c4cc(C)c(Cl)c(C)c4)CCN(C(=O)c4cc6cc(C7CCOCC7)ccc6n4[C@@]4(c6noc(=O)[nH]6)C[C@@H]4C)[C@H]5C)c3=O)ccc21. The average molecular weight is 915 g/mol. The van der Waals surface area contributed by atoms with E-state index in [9.17, 15) is 9.59 Å². The number of rotatable bonds is 10. The number of halogens is 2. The predicted octanol–water partition coefficient (Wildman–Crippen LogP) is 7.29. The molecule has 8 aromatic rings. The Balaban J connectivity index is 1.05. The Labute approximate surface area is 382 Å². The maximum atomic E-state index is 16.4. The molecule has 1 amide bonds. The van der Waals surface area contributed by atoms with Gasteiger partial charge in [0.25, 0.3) is 5.91 Å². The minimum absolute atomic E-state index is 0.0189. The topological polar surface area (TPSA) is 165 Å².